The molecule has 42 heavy (non-hydrogen) atoms. The van der Waals surface area contributed by atoms with Crippen molar-refractivity contribution >= 4 is 17.5 Å². The average Bonchev–Trinajstić information content (AvgIpc) is 3.43. The number of nitro groups is 1. The van der Waals surface area contributed by atoms with E-state index in [4.69, 9.17) is 9.47 Å². The third-order valence-corrected chi connectivity index (χ3v) is 8.82. The number of nitro benzene ring substituents is 1. The molecule has 1 aliphatic heterocycles. The fourth-order valence-corrected chi connectivity index (χ4v) is 6.42. The number of nitrogens with one attached hydrogen (secondary N) is 1. The number of benzene rings is 2. The minimum absolute atomic E-state index is 0.0472. The van der Waals surface area contributed by atoms with Gasteiger partial charge in [-0.25, -0.2) is 4.79 Å². The molecule has 1 amide bonds. The quantitative estimate of drug-likeness (QED) is 0.251. The van der Waals surface area contributed by atoms with Crippen LogP contribution < -0.4 is 15.0 Å². The number of ether oxygens (including phenoxy) is 2. The Kier molecular flexibility index (Phi) is 8.96. The predicted molar refractivity (Wildman–Crippen MR) is 161 cm³/mol. The lowest BCUT2D eigenvalue weighted by Crippen LogP contribution is -2.56. The number of hydrogen-bond donors (Lipinski definition) is 1. The summed E-state index contributed by atoms with van der Waals surface area (Å²) in [5, 5.41) is 18.9. The zero-order chi connectivity index (χ0) is 29.7. The fraction of sp³-hybridized carbons (Fsp3) is 0.484. The van der Waals surface area contributed by atoms with E-state index in [2.05, 4.69) is 27.1 Å². The highest BCUT2D eigenvalue weighted by Crippen LogP contribution is 2.52. The van der Waals surface area contributed by atoms with Crippen LogP contribution in [0.1, 0.15) is 38.2 Å². The number of rotatable bonds is 11. The predicted octanol–water partition coefficient (Wildman–Crippen LogP) is 5.00. The number of anilines is 1. The van der Waals surface area contributed by atoms with Crippen LogP contribution in [0.2, 0.25) is 0 Å². The number of nitrogens with zero attached hydrogens (tertiary/aromatic N) is 5. The zero-order valence-electron chi connectivity index (χ0n) is 24.6. The van der Waals surface area contributed by atoms with Crippen LogP contribution >= 0.6 is 0 Å². The molecule has 0 unspecified atom stereocenters. The van der Waals surface area contributed by atoms with Gasteiger partial charge in [0.15, 0.2) is 5.75 Å². The second-order valence-corrected chi connectivity index (χ2v) is 11.4. The van der Waals surface area contributed by atoms with Crippen LogP contribution in [0.4, 0.5) is 16.2 Å². The molecule has 0 radical (unpaired) electrons. The number of aromatic nitrogens is 2. The van der Waals surface area contributed by atoms with Crippen molar-refractivity contribution in [2.45, 2.75) is 45.3 Å². The minimum atomic E-state index is -0.398. The van der Waals surface area contributed by atoms with E-state index >= 15 is 0 Å². The van der Waals surface area contributed by atoms with Gasteiger partial charge in [0.05, 0.1) is 18.2 Å². The third-order valence-electron chi connectivity index (χ3n) is 8.82. The van der Waals surface area contributed by atoms with Crippen LogP contribution in [0, 0.1) is 15.5 Å². The number of hydrogen-bond acceptors (Lipinski definition) is 8. The molecule has 2 fully saturated rings. The molecule has 11 heteroatoms. The monoisotopic (exact) mass is 576 g/mol. The largest absolute Gasteiger partial charge is 0.490 e. The van der Waals surface area contributed by atoms with E-state index in [1.807, 2.05) is 43.6 Å². The van der Waals surface area contributed by atoms with Crippen molar-refractivity contribution in [1.82, 2.24) is 20.0 Å². The summed E-state index contributed by atoms with van der Waals surface area (Å²) in [6.07, 6.45) is 7.66. The molecule has 1 aliphatic carbocycles. The van der Waals surface area contributed by atoms with Gasteiger partial charge in [-0.2, -0.15) is 5.10 Å². The van der Waals surface area contributed by atoms with Crippen LogP contribution in [0.3, 0.4) is 0 Å². The Bertz CT molecular complexity index is 1380. The molecule has 11 nitrogen and oxygen atoms in total. The van der Waals surface area contributed by atoms with Crippen LogP contribution in [0.15, 0.2) is 54.9 Å². The molecule has 1 aromatic heterocycles. The van der Waals surface area contributed by atoms with E-state index in [1.54, 1.807) is 23.0 Å². The van der Waals surface area contributed by atoms with Crippen LogP contribution in [-0.4, -0.2) is 71.6 Å². The molecule has 0 bridgehead atoms. The van der Waals surface area contributed by atoms with Crippen molar-refractivity contribution in [1.29, 1.82) is 0 Å². The van der Waals surface area contributed by atoms with Gasteiger partial charge in [0.2, 0.25) is 0 Å². The highest BCUT2D eigenvalue weighted by atomic mass is 16.6. The molecular formula is C31H40N6O5. The van der Waals surface area contributed by atoms with Gasteiger partial charge in [-0.15, -0.1) is 0 Å². The van der Waals surface area contributed by atoms with Gasteiger partial charge in [-0.1, -0.05) is 37.3 Å². The molecule has 1 saturated carbocycles. The molecule has 5 rings (SSSR count). The van der Waals surface area contributed by atoms with E-state index in [9.17, 15) is 14.9 Å². The molecule has 224 valence electrons. The van der Waals surface area contributed by atoms with Crippen molar-refractivity contribution in [3.05, 3.63) is 70.5 Å². The summed E-state index contributed by atoms with van der Waals surface area (Å²) < 4.78 is 12.5. The number of carbonyl (C=O) groups excluding carboxylic acids is 1. The molecule has 1 saturated heterocycles. The maximum atomic E-state index is 12.1. The highest BCUT2D eigenvalue weighted by Gasteiger charge is 2.47. The summed E-state index contributed by atoms with van der Waals surface area (Å²) in [7, 11) is 3.31. The van der Waals surface area contributed by atoms with E-state index in [-0.39, 0.29) is 24.1 Å². The normalized spacial score (nSPS) is 16.3. The highest BCUT2D eigenvalue weighted by molar-refractivity contribution is 5.82. The van der Waals surface area contributed by atoms with E-state index in [0.717, 1.165) is 74.2 Å². The van der Waals surface area contributed by atoms with Gasteiger partial charge in [-0.3, -0.25) is 19.7 Å². The topological polar surface area (TPSA) is 115 Å². The van der Waals surface area contributed by atoms with Crippen molar-refractivity contribution in [3.63, 3.8) is 0 Å². The van der Waals surface area contributed by atoms with Gasteiger partial charge < -0.3 is 19.7 Å². The van der Waals surface area contributed by atoms with Gasteiger partial charge in [-0.05, 0) is 43.2 Å². The van der Waals surface area contributed by atoms with Crippen LogP contribution in [-0.2, 0) is 18.4 Å². The summed E-state index contributed by atoms with van der Waals surface area (Å²) in [6, 6.07) is 13.6. The smallest absolute Gasteiger partial charge is 0.407 e. The standard InChI is InChI=1S/C31H40N6O5/c1-4-35(15-12-32-30(38)42-22-23-8-6-5-7-9-23)25-18-31(19-25)10-13-36(14-11-31)27-17-29(41-3)28(37(39)40)16-26(27)24-20-33-34(2)21-24/h5-9,16-17,20-21,25H,4,10-15,18-19,22H2,1-3H3,(H,32,38). The van der Waals surface area contributed by atoms with Crippen LogP contribution in [0.25, 0.3) is 11.1 Å². The second kappa shape index (κ2) is 12.8. The first-order valence-corrected chi connectivity index (χ1v) is 14.6. The molecule has 2 aliphatic rings. The Labute approximate surface area is 246 Å². The van der Waals surface area contributed by atoms with Crippen LogP contribution in [0.5, 0.6) is 5.75 Å². The number of piperidine rings is 1. The maximum absolute atomic E-state index is 12.1. The summed E-state index contributed by atoms with van der Waals surface area (Å²) >= 11 is 0. The SMILES string of the molecule is CCN(CCNC(=O)OCc1ccccc1)C1CC2(CCN(c3cc(OC)c([N+](=O)[O-])cc3-c3cnn(C)c3)CC2)C1. The first-order chi connectivity index (χ1) is 20.3. The van der Waals surface area contributed by atoms with Gasteiger partial charge in [0.25, 0.3) is 0 Å². The average molecular weight is 577 g/mol. The maximum Gasteiger partial charge on any atom is 0.407 e. The number of likely N-dealkylation sites (N-methyl/N-ethyl adjacent to an activating group) is 1. The lowest BCUT2D eigenvalue weighted by atomic mass is 9.60. The number of aryl methyl sites for hydroxylation is 1. The Morgan fingerprint density at radius 2 is 1.95 bits per heavy atom. The zero-order valence-corrected chi connectivity index (χ0v) is 24.6. The summed E-state index contributed by atoms with van der Waals surface area (Å²) in [5.74, 6) is 0.266. The van der Waals surface area contributed by atoms with E-state index in [0.29, 0.717) is 18.0 Å². The van der Waals surface area contributed by atoms with Crippen molar-refractivity contribution in [2.75, 3.05) is 44.7 Å². The first kappa shape index (κ1) is 29.4. The Balaban J connectivity index is 1.15. The lowest BCUT2D eigenvalue weighted by Gasteiger charge is -2.55. The molecule has 0 atom stereocenters. The number of carbonyl (C=O) groups is 1. The van der Waals surface area contributed by atoms with Gasteiger partial charge in [0, 0.05) is 74.4 Å². The number of methoxy groups -OCH3 is 1. The van der Waals surface area contributed by atoms with Crippen molar-refractivity contribution < 1.29 is 19.2 Å². The summed E-state index contributed by atoms with van der Waals surface area (Å²) in [6.45, 7) is 6.47. The number of alkyl carbamates (subject to hydrolysis) is 1. The van der Waals surface area contributed by atoms with E-state index < -0.39 is 4.92 Å². The molecule has 3 aromatic rings. The van der Waals surface area contributed by atoms with Crippen molar-refractivity contribution in [3.8, 4) is 16.9 Å². The molecule has 1 N–H and O–H groups in total. The van der Waals surface area contributed by atoms with Crippen molar-refractivity contribution in [2.24, 2.45) is 12.5 Å². The first-order valence-electron chi connectivity index (χ1n) is 14.6. The summed E-state index contributed by atoms with van der Waals surface area (Å²) in [5.41, 5.74) is 3.82. The minimum Gasteiger partial charge on any atom is -0.490 e. The Morgan fingerprint density at radius 1 is 1.21 bits per heavy atom. The Morgan fingerprint density at radius 3 is 2.57 bits per heavy atom. The molecular weight excluding hydrogens is 536 g/mol. The van der Waals surface area contributed by atoms with E-state index in [1.165, 1.54) is 7.11 Å². The molecule has 1 spiro atoms. The Hall–Kier alpha value is -4.12. The third kappa shape index (κ3) is 6.51. The molecule has 2 aromatic carbocycles. The number of amides is 1. The molecule has 2 heterocycles. The summed E-state index contributed by atoms with van der Waals surface area (Å²) in [4.78, 5) is 28.3. The van der Waals surface area contributed by atoms with Gasteiger partial charge >= 0.3 is 11.8 Å². The second-order valence-electron chi connectivity index (χ2n) is 11.4. The van der Waals surface area contributed by atoms with Gasteiger partial charge in [0.1, 0.15) is 6.61 Å². The fourth-order valence-electron chi connectivity index (χ4n) is 6.42. The lowest BCUT2D eigenvalue weighted by molar-refractivity contribution is -0.385.